The van der Waals surface area contributed by atoms with Gasteiger partial charge >= 0.3 is 6.09 Å². The van der Waals surface area contributed by atoms with E-state index >= 15 is 0 Å². The van der Waals surface area contributed by atoms with Crippen molar-refractivity contribution in [3.63, 3.8) is 0 Å². The Bertz CT molecular complexity index is 418. The number of carboxylic acid groups (broad SMARTS) is 1. The van der Waals surface area contributed by atoms with E-state index in [1.54, 1.807) is 0 Å². The van der Waals surface area contributed by atoms with Crippen molar-refractivity contribution in [2.75, 3.05) is 72.5 Å². The molecule has 0 saturated heterocycles. The lowest BCUT2D eigenvalue weighted by molar-refractivity contribution is -0.122. The highest BCUT2D eigenvalue weighted by Gasteiger charge is 2.01. The number of carbonyl (C=O) groups is 2. The summed E-state index contributed by atoms with van der Waals surface area (Å²) >= 11 is 0. The average molecular weight is 377 g/mol. The van der Waals surface area contributed by atoms with E-state index in [1.165, 1.54) is 0 Å². The van der Waals surface area contributed by atoms with Crippen LogP contribution in [-0.2, 0) is 23.7 Å². The quantitative estimate of drug-likeness (QED) is 0.132. The van der Waals surface area contributed by atoms with Gasteiger partial charge in [-0.3, -0.25) is 4.79 Å². The van der Waals surface area contributed by atoms with E-state index in [-0.39, 0.29) is 32.0 Å². The number of hydrogen-bond acceptors (Lipinski definition) is 7. The summed E-state index contributed by atoms with van der Waals surface area (Å²) in [6, 6.07) is 0. The lowest BCUT2D eigenvalue weighted by Gasteiger charge is -2.07. The molecule has 0 aromatic carbocycles. The van der Waals surface area contributed by atoms with Gasteiger partial charge in [0.2, 0.25) is 5.91 Å². The third kappa shape index (κ3) is 19.9. The molecular formula is C14H27N5O7. The molecule has 0 spiro atoms. The highest BCUT2D eigenvalue weighted by Crippen LogP contribution is 1.86. The van der Waals surface area contributed by atoms with E-state index in [1.807, 2.05) is 0 Å². The third-order valence-corrected chi connectivity index (χ3v) is 2.71. The molecule has 0 bridgehead atoms. The molecule has 0 rings (SSSR count). The zero-order valence-electron chi connectivity index (χ0n) is 14.7. The fourth-order valence-electron chi connectivity index (χ4n) is 1.54. The molecule has 0 fully saturated rings. The second-order valence-electron chi connectivity index (χ2n) is 4.74. The largest absolute Gasteiger partial charge is 0.465 e. The Hall–Kier alpha value is -2.11. The molecule has 0 radical (unpaired) electrons. The minimum Gasteiger partial charge on any atom is -0.465 e. The van der Waals surface area contributed by atoms with Gasteiger partial charge in [-0.15, -0.1) is 0 Å². The van der Waals surface area contributed by atoms with Gasteiger partial charge in [0.25, 0.3) is 0 Å². The Morgan fingerprint density at radius 3 is 1.88 bits per heavy atom. The van der Waals surface area contributed by atoms with Crippen LogP contribution in [0.3, 0.4) is 0 Å². The molecular weight excluding hydrogens is 350 g/mol. The number of carbonyl (C=O) groups excluding carboxylic acids is 1. The Kier molecular flexibility index (Phi) is 17.7. The molecule has 150 valence electrons. The van der Waals surface area contributed by atoms with Crippen LogP contribution in [0.4, 0.5) is 4.79 Å². The molecule has 0 heterocycles. The summed E-state index contributed by atoms with van der Waals surface area (Å²) in [5, 5.41) is 16.4. The molecule has 3 N–H and O–H groups in total. The Labute approximate surface area is 151 Å². The summed E-state index contributed by atoms with van der Waals surface area (Å²) in [5.41, 5.74) is 8.06. The van der Waals surface area contributed by atoms with Crippen LogP contribution < -0.4 is 10.6 Å². The molecule has 0 aliphatic heterocycles. The molecule has 0 atom stereocenters. The molecule has 0 aliphatic carbocycles. The van der Waals surface area contributed by atoms with Gasteiger partial charge in [0.05, 0.1) is 52.9 Å². The van der Waals surface area contributed by atoms with Crippen molar-refractivity contribution in [3.8, 4) is 0 Å². The first kappa shape index (κ1) is 23.9. The van der Waals surface area contributed by atoms with Crippen LogP contribution in [0, 0.1) is 0 Å². The first-order chi connectivity index (χ1) is 12.7. The van der Waals surface area contributed by atoms with Crippen molar-refractivity contribution in [3.05, 3.63) is 10.4 Å². The van der Waals surface area contributed by atoms with E-state index in [2.05, 4.69) is 20.7 Å². The lowest BCUT2D eigenvalue weighted by Crippen LogP contribution is -2.34. The van der Waals surface area contributed by atoms with Crippen LogP contribution >= 0.6 is 0 Å². The second-order valence-corrected chi connectivity index (χ2v) is 4.74. The van der Waals surface area contributed by atoms with Crippen molar-refractivity contribution in [2.24, 2.45) is 5.11 Å². The first-order valence-electron chi connectivity index (χ1n) is 8.22. The van der Waals surface area contributed by atoms with E-state index in [0.29, 0.717) is 52.8 Å². The van der Waals surface area contributed by atoms with E-state index in [0.717, 1.165) is 0 Å². The first-order valence-corrected chi connectivity index (χ1v) is 8.22. The molecule has 12 heteroatoms. The van der Waals surface area contributed by atoms with Gasteiger partial charge in [-0.25, -0.2) is 4.79 Å². The Balaban J connectivity index is 3.15. The van der Waals surface area contributed by atoms with Gasteiger partial charge in [-0.1, -0.05) is 5.11 Å². The number of nitrogens with zero attached hydrogens (tertiary/aromatic N) is 3. The number of amides is 2. The predicted molar refractivity (Wildman–Crippen MR) is 90.9 cm³/mol. The van der Waals surface area contributed by atoms with Crippen LogP contribution in [0.2, 0.25) is 0 Å². The standard InChI is InChI=1S/C14H27N5O7/c15-19-18-4-6-24-8-10-26-12-11-25-9-7-23-5-1-13(20)16-2-3-17-14(21)22/h17H,1-12H2,(H,16,20)(H,21,22). The van der Waals surface area contributed by atoms with Crippen molar-refractivity contribution in [1.29, 1.82) is 0 Å². The molecule has 26 heavy (non-hydrogen) atoms. The summed E-state index contributed by atoms with van der Waals surface area (Å²) in [6.07, 6.45) is -0.917. The van der Waals surface area contributed by atoms with Crippen LogP contribution in [0.5, 0.6) is 0 Å². The van der Waals surface area contributed by atoms with Crippen molar-refractivity contribution >= 4 is 12.0 Å². The van der Waals surface area contributed by atoms with Gasteiger partial charge in [0, 0.05) is 31.0 Å². The van der Waals surface area contributed by atoms with E-state index in [9.17, 15) is 9.59 Å². The van der Waals surface area contributed by atoms with E-state index < -0.39 is 6.09 Å². The average Bonchev–Trinajstić information content (AvgIpc) is 2.62. The second kappa shape index (κ2) is 19.2. The fourth-order valence-corrected chi connectivity index (χ4v) is 1.54. The minimum atomic E-state index is -1.12. The normalized spacial score (nSPS) is 10.2. The van der Waals surface area contributed by atoms with E-state index in [4.69, 9.17) is 29.6 Å². The van der Waals surface area contributed by atoms with Crippen LogP contribution in [0.25, 0.3) is 10.4 Å². The SMILES string of the molecule is [N-]=[N+]=NCCOCCOCCOCCOCCC(=O)NCCNC(=O)O. The molecule has 0 saturated carbocycles. The zero-order chi connectivity index (χ0) is 19.3. The zero-order valence-corrected chi connectivity index (χ0v) is 14.7. The maximum atomic E-state index is 11.4. The van der Waals surface area contributed by atoms with Gasteiger partial charge in [0.15, 0.2) is 0 Å². The number of rotatable bonds is 18. The highest BCUT2D eigenvalue weighted by atomic mass is 16.6. The third-order valence-electron chi connectivity index (χ3n) is 2.71. The van der Waals surface area contributed by atoms with Crippen molar-refractivity contribution < 1.29 is 33.6 Å². The Morgan fingerprint density at radius 2 is 1.35 bits per heavy atom. The molecule has 2 amide bonds. The minimum absolute atomic E-state index is 0.166. The van der Waals surface area contributed by atoms with Gasteiger partial charge < -0.3 is 34.7 Å². The van der Waals surface area contributed by atoms with Gasteiger partial charge in [-0.2, -0.15) is 0 Å². The number of ether oxygens (including phenoxy) is 4. The smallest absolute Gasteiger partial charge is 0.404 e. The number of azide groups is 1. The topological polar surface area (TPSA) is 164 Å². The van der Waals surface area contributed by atoms with Gasteiger partial charge in [0.1, 0.15) is 0 Å². The monoisotopic (exact) mass is 377 g/mol. The number of hydrogen-bond donors (Lipinski definition) is 3. The maximum Gasteiger partial charge on any atom is 0.404 e. The summed E-state index contributed by atoms with van der Waals surface area (Å²) in [5.74, 6) is -0.201. The maximum absolute atomic E-state index is 11.4. The summed E-state index contributed by atoms with van der Waals surface area (Å²) in [7, 11) is 0. The van der Waals surface area contributed by atoms with Crippen LogP contribution in [0.15, 0.2) is 5.11 Å². The van der Waals surface area contributed by atoms with Crippen molar-refractivity contribution in [1.82, 2.24) is 10.6 Å². The van der Waals surface area contributed by atoms with Crippen LogP contribution in [0.1, 0.15) is 6.42 Å². The lowest BCUT2D eigenvalue weighted by atomic mass is 10.4. The number of nitrogens with one attached hydrogen (secondary N) is 2. The van der Waals surface area contributed by atoms with Crippen LogP contribution in [-0.4, -0.2) is 89.6 Å². The molecule has 0 aromatic heterocycles. The molecule has 0 aromatic rings. The fraction of sp³-hybridized carbons (Fsp3) is 0.857. The highest BCUT2D eigenvalue weighted by molar-refractivity contribution is 5.76. The molecule has 0 aliphatic rings. The van der Waals surface area contributed by atoms with Gasteiger partial charge in [-0.05, 0) is 5.53 Å². The summed E-state index contributed by atoms with van der Waals surface area (Å²) < 4.78 is 21.0. The summed E-state index contributed by atoms with van der Waals surface area (Å²) in [6.45, 7) is 3.86. The molecule has 12 nitrogen and oxygen atoms in total. The Morgan fingerprint density at radius 1 is 0.846 bits per heavy atom. The predicted octanol–water partition coefficient (Wildman–Crippen LogP) is 0.137. The molecule has 0 unspecified atom stereocenters. The summed E-state index contributed by atoms with van der Waals surface area (Å²) in [4.78, 5) is 24.2. The van der Waals surface area contributed by atoms with Crippen molar-refractivity contribution in [2.45, 2.75) is 6.42 Å².